The number of hydrogen-bond acceptors (Lipinski definition) is 3. The van der Waals surface area contributed by atoms with Crippen molar-refractivity contribution in [1.82, 2.24) is 5.16 Å². The van der Waals surface area contributed by atoms with E-state index in [0.29, 0.717) is 0 Å². The van der Waals surface area contributed by atoms with E-state index in [9.17, 15) is 0 Å². The zero-order valence-electron chi connectivity index (χ0n) is 9.66. The van der Waals surface area contributed by atoms with Crippen LogP contribution in [0, 0.1) is 13.8 Å². The molecule has 0 bridgehead atoms. The molecule has 1 aromatic heterocycles. The number of hydrogen-bond donors (Lipinski definition) is 1. The van der Waals surface area contributed by atoms with Crippen molar-refractivity contribution in [3.8, 4) is 0 Å². The summed E-state index contributed by atoms with van der Waals surface area (Å²) < 4.78 is 5.89. The van der Waals surface area contributed by atoms with Gasteiger partial charge in [0.2, 0.25) is 0 Å². The predicted octanol–water partition coefficient (Wildman–Crippen LogP) is 4.24. The highest BCUT2D eigenvalue weighted by Crippen LogP contribution is 2.25. The van der Waals surface area contributed by atoms with Crippen molar-refractivity contribution in [2.24, 2.45) is 0 Å². The Balaban J connectivity index is 0.00000144. The van der Waals surface area contributed by atoms with E-state index in [2.05, 4.69) is 52.4 Å². The number of aryl methyl sites for hydroxylation is 2. The van der Waals surface area contributed by atoms with Crippen LogP contribution in [0.4, 0.5) is 5.69 Å². The van der Waals surface area contributed by atoms with Gasteiger partial charge >= 0.3 is 0 Å². The van der Waals surface area contributed by atoms with E-state index in [1.807, 2.05) is 0 Å². The maximum atomic E-state index is 4.79. The van der Waals surface area contributed by atoms with Crippen LogP contribution in [0.2, 0.25) is 0 Å². The minimum atomic E-state index is 0. The Hall–Kier alpha value is -0.810. The SMILES string of the molecule is Br.Cc1cc(Br)cc(C)c1NCc1cnoc1. The topological polar surface area (TPSA) is 38.1 Å². The number of nitrogens with one attached hydrogen (secondary N) is 1. The van der Waals surface area contributed by atoms with Crippen molar-refractivity contribution in [2.45, 2.75) is 20.4 Å². The molecule has 0 aliphatic heterocycles. The predicted molar refractivity (Wildman–Crippen MR) is 77.8 cm³/mol. The minimum Gasteiger partial charge on any atom is -0.380 e. The molecule has 0 amide bonds. The van der Waals surface area contributed by atoms with Gasteiger partial charge in [0.25, 0.3) is 0 Å². The molecule has 3 nitrogen and oxygen atoms in total. The van der Waals surface area contributed by atoms with E-state index >= 15 is 0 Å². The monoisotopic (exact) mass is 360 g/mol. The van der Waals surface area contributed by atoms with Gasteiger partial charge in [-0.05, 0) is 37.1 Å². The Morgan fingerprint density at radius 3 is 2.47 bits per heavy atom. The molecule has 5 heteroatoms. The van der Waals surface area contributed by atoms with E-state index < -0.39 is 0 Å². The van der Waals surface area contributed by atoms with Crippen molar-refractivity contribution < 1.29 is 4.52 Å². The van der Waals surface area contributed by atoms with Crippen LogP contribution in [0.5, 0.6) is 0 Å². The molecule has 0 fully saturated rings. The normalized spacial score (nSPS) is 9.82. The van der Waals surface area contributed by atoms with E-state index in [1.165, 1.54) is 16.8 Å². The zero-order valence-corrected chi connectivity index (χ0v) is 13.0. The van der Waals surface area contributed by atoms with E-state index in [1.54, 1.807) is 12.5 Å². The summed E-state index contributed by atoms with van der Waals surface area (Å²) in [5.41, 5.74) is 4.66. The minimum absolute atomic E-state index is 0. The fraction of sp³-hybridized carbons (Fsp3) is 0.250. The first-order valence-electron chi connectivity index (χ1n) is 5.05. The molecule has 0 atom stereocenters. The number of aromatic nitrogens is 1. The lowest BCUT2D eigenvalue weighted by Gasteiger charge is -2.12. The molecule has 1 aromatic carbocycles. The van der Waals surface area contributed by atoms with Gasteiger partial charge in [-0.25, -0.2) is 0 Å². The molecule has 2 rings (SSSR count). The molecule has 2 aromatic rings. The summed E-state index contributed by atoms with van der Waals surface area (Å²) in [6, 6.07) is 4.20. The van der Waals surface area contributed by atoms with Crippen molar-refractivity contribution in [2.75, 3.05) is 5.32 Å². The Kier molecular flexibility index (Phi) is 5.21. The lowest BCUT2D eigenvalue weighted by atomic mass is 10.1. The quantitative estimate of drug-likeness (QED) is 0.888. The van der Waals surface area contributed by atoms with Gasteiger partial charge in [-0.2, -0.15) is 0 Å². The summed E-state index contributed by atoms with van der Waals surface area (Å²) in [7, 11) is 0. The Morgan fingerprint density at radius 1 is 1.29 bits per heavy atom. The molecular formula is C12H14Br2N2O. The van der Waals surface area contributed by atoms with Crippen LogP contribution < -0.4 is 5.32 Å². The molecule has 0 radical (unpaired) electrons. The van der Waals surface area contributed by atoms with Crippen LogP contribution in [-0.2, 0) is 6.54 Å². The van der Waals surface area contributed by atoms with Gasteiger partial charge in [-0.15, -0.1) is 17.0 Å². The summed E-state index contributed by atoms with van der Waals surface area (Å²) in [6.45, 7) is 4.91. The van der Waals surface area contributed by atoms with Crippen molar-refractivity contribution in [3.63, 3.8) is 0 Å². The Bertz CT molecular complexity index is 460. The van der Waals surface area contributed by atoms with Gasteiger partial charge in [0.15, 0.2) is 0 Å². The van der Waals surface area contributed by atoms with Gasteiger partial charge in [-0.1, -0.05) is 21.1 Å². The Morgan fingerprint density at radius 2 is 1.94 bits per heavy atom. The zero-order chi connectivity index (χ0) is 11.5. The molecule has 1 N–H and O–H groups in total. The first kappa shape index (κ1) is 14.3. The highest BCUT2D eigenvalue weighted by atomic mass is 79.9. The fourth-order valence-corrected chi connectivity index (χ4v) is 2.38. The third-order valence-electron chi connectivity index (χ3n) is 2.45. The number of anilines is 1. The molecule has 0 saturated carbocycles. The summed E-state index contributed by atoms with van der Waals surface area (Å²) in [5, 5.41) is 7.06. The van der Waals surface area contributed by atoms with Gasteiger partial charge in [0.1, 0.15) is 6.26 Å². The molecule has 0 unspecified atom stereocenters. The van der Waals surface area contributed by atoms with Crippen molar-refractivity contribution >= 4 is 38.6 Å². The van der Waals surface area contributed by atoms with E-state index in [4.69, 9.17) is 4.52 Å². The first-order chi connectivity index (χ1) is 7.66. The lowest BCUT2D eigenvalue weighted by Crippen LogP contribution is -2.02. The van der Waals surface area contributed by atoms with Crippen LogP contribution in [0.25, 0.3) is 0 Å². The summed E-state index contributed by atoms with van der Waals surface area (Å²) in [5.74, 6) is 0. The van der Waals surface area contributed by atoms with Gasteiger partial charge < -0.3 is 9.84 Å². The van der Waals surface area contributed by atoms with Crippen LogP contribution in [0.15, 0.2) is 33.6 Å². The highest BCUT2D eigenvalue weighted by molar-refractivity contribution is 9.10. The molecule has 17 heavy (non-hydrogen) atoms. The molecule has 92 valence electrons. The molecule has 0 aliphatic carbocycles. The highest BCUT2D eigenvalue weighted by Gasteiger charge is 2.04. The number of rotatable bonds is 3. The third kappa shape index (κ3) is 3.57. The molecule has 0 saturated heterocycles. The average Bonchev–Trinajstić information content (AvgIpc) is 2.68. The second-order valence-corrected chi connectivity index (χ2v) is 4.72. The van der Waals surface area contributed by atoms with Crippen molar-refractivity contribution in [1.29, 1.82) is 0 Å². The fourth-order valence-electron chi connectivity index (χ4n) is 1.69. The van der Waals surface area contributed by atoms with Crippen LogP contribution >= 0.6 is 32.9 Å². The Labute approximate surface area is 119 Å². The molecule has 1 heterocycles. The standard InChI is InChI=1S/C12H13BrN2O.BrH/c1-8-3-11(13)4-9(2)12(8)14-5-10-6-15-16-7-10;/h3-4,6-7,14H,5H2,1-2H3;1H. The molecular weight excluding hydrogens is 348 g/mol. The number of halogens is 2. The van der Waals surface area contributed by atoms with Gasteiger partial charge in [0, 0.05) is 22.3 Å². The van der Waals surface area contributed by atoms with Crippen molar-refractivity contribution in [3.05, 3.63) is 45.8 Å². The van der Waals surface area contributed by atoms with E-state index in [0.717, 1.165) is 16.6 Å². The molecule has 0 aliphatic rings. The van der Waals surface area contributed by atoms with Crippen LogP contribution in [0.1, 0.15) is 16.7 Å². The van der Waals surface area contributed by atoms with E-state index in [-0.39, 0.29) is 17.0 Å². The number of benzene rings is 1. The first-order valence-corrected chi connectivity index (χ1v) is 5.85. The lowest BCUT2D eigenvalue weighted by molar-refractivity contribution is 0.419. The summed E-state index contributed by atoms with van der Waals surface area (Å²) in [6.07, 6.45) is 3.37. The average molecular weight is 362 g/mol. The maximum absolute atomic E-state index is 4.79. The molecule has 0 spiro atoms. The number of nitrogens with zero attached hydrogens (tertiary/aromatic N) is 1. The van der Waals surface area contributed by atoms with Gasteiger partial charge in [0.05, 0.1) is 6.20 Å². The maximum Gasteiger partial charge on any atom is 0.128 e. The summed E-state index contributed by atoms with van der Waals surface area (Å²) >= 11 is 3.48. The largest absolute Gasteiger partial charge is 0.380 e. The second-order valence-electron chi connectivity index (χ2n) is 3.80. The third-order valence-corrected chi connectivity index (χ3v) is 2.91. The summed E-state index contributed by atoms with van der Waals surface area (Å²) in [4.78, 5) is 0. The van der Waals surface area contributed by atoms with Crippen LogP contribution in [0.3, 0.4) is 0 Å². The van der Waals surface area contributed by atoms with Crippen LogP contribution in [-0.4, -0.2) is 5.16 Å². The second kappa shape index (κ2) is 6.21. The van der Waals surface area contributed by atoms with Gasteiger partial charge in [-0.3, -0.25) is 0 Å². The smallest absolute Gasteiger partial charge is 0.128 e.